The first-order chi connectivity index (χ1) is 13.5. The van der Waals surface area contributed by atoms with Gasteiger partial charge in [0.05, 0.1) is 6.61 Å². The van der Waals surface area contributed by atoms with Crippen LogP contribution < -0.4 is 0 Å². The van der Waals surface area contributed by atoms with Gasteiger partial charge in [0.1, 0.15) is 0 Å². The van der Waals surface area contributed by atoms with Gasteiger partial charge in [0.15, 0.2) is 0 Å². The molecule has 3 heteroatoms. The average Bonchev–Trinajstić information content (AvgIpc) is 3.13. The Hall–Kier alpha value is -1.71. The van der Waals surface area contributed by atoms with Crippen LogP contribution in [0, 0.1) is 12.3 Å². The zero-order chi connectivity index (χ0) is 20.0. The molecular formula is C25H36N2O. The molecule has 2 heterocycles. The SMILES string of the molecule is CCOC[C@]1(CCCc2ccccc2)CCN(C(C)(C)c2ccc(C)nc2)C1. The summed E-state index contributed by atoms with van der Waals surface area (Å²) in [6.45, 7) is 12.7. The van der Waals surface area contributed by atoms with Crippen molar-refractivity contribution in [1.29, 1.82) is 0 Å². The van der Waals surface area contributed by atoms with Crippen molar-refractivity contribution in [1.82, 2.24) is 9.88 Å². The first kappa shape index (κ1) is 21.0. The maximum atomic E-state index is 5.97. The number of pyridine rings is 1. The van der Waals surface area contributed by atoms with E-state index in [0.29, 0.717) is 0 Å². The van der Waals surface area contributed by atoms with Crippen molar-refractivity contribution in [2.45, 2.75) is 58.9 Å². The average molecular weight is 381 g/mol. The third-order valence-electron chi connectivity index (χ3n) is 6.47. The Kier molecular flexibility index (Phi) is 6.90. The van der Waals surface area contributed by atoms with Gasteiger partial charge < -0.3 is 4.74 Å². The molecule has 0 aliphatic carbocycles. The van der Waals surface area contributed by atoms with Gasteiger partial charge in [0.2, 0.25) is 0 Å². The van der Waals surface area contributed by atoms with Crippen LogP contribution in [-0.2, 0) is 16.7 Å². The normalized spacial score (nSPS) is 20.6. The molecule has 1 aromatic heterocycles. The maximum absolute atomic E-state index is 5.97. The summed E-state index contributed by atoms with van der Waals surface area (Å²) < 4.78 is 5.97. The fourth-order valence-electron chi connectivity index (χ4n) is 4.45. The van der Waals surface area contributed by atoms with E-state index in [2.05, 4.69) is 73.1 Å². The van der Waals surface area contributed by atoms with Crippen LogP contribution in [0.4, 0.5) is 0 Å². The van der Waals surface area contributed by atoms with Gasteiger partial charge in [-0.3, -0.25) is 9.88 Å². The summed E-state index contributed by atoms with van der Waals surface area (Å²) in [7, 11) is 0. The van der Waals surface area contributed by atoms with Gasteiger partial charge >= 0.3 is 0 Å². The van der Waals surface area contributed by atoms with Gasteiger partial charge in [0, 0.05) is 36.0 Å². The second-order valence-corrected chi connectivity index (χ2v) is 8.90. The molecule has 3 rings (SSSR count). The number of aromatic nitrogens is 1. The minimum Gasteiger partial charge on any atom is -0.381 e. The molecular weight excluding hydrogens is 344 g/mol. The van der Waals surface area contributed by atoms with E-state index in [0.717, 1.165) is 38.4 Å². The summed E-state index contributed by atoms with van der Waals surface area (Å²) in [4.78, 5) is 7.17. The minimum atomic E-state index is -0.00586. The summed E-state index contributed by atoms with van der Waals surface area (Å²) in [6.07, 6.45) is 6.86. The molecule has 28 heavy (non-hydrogen) atoms. The molecule has 152 valence electrons. The van der Waals surface area contributed by atoms with Crippen molar-refractivity contribution in [3.63, 3.8) is 0 Å². The summed E-state index contributed by atoms with van der Waals surface area (Å²) >= 11 is 0. The zero-order valence-electron chi connectivity index (χ0n) is 18.1. The van der Waals surface area contributed by atoms with E-state index in [-0.39, 0.29) is 11.0 Å². The number of likely N-dealkylation sites (tertiary alicyclic amines) is 1. The first-order valence-electron chi connectivity index (χ1n) is 10.8. The van der Waals surface area contributed by atoms with Crippen LogP contribution in [0.3, 0.4) is 0 Å². The smallest absolute Gasteiger partial charge is 0.0535 e. The number of benzene rings is 1. The van der Waals surface area contributed by atoms with Gasteiger partial charge in [-0.2, -0.15) is 0 Å². The van der Waals surface area contributed by atoms with Gasteiger partial charge in [-0.05, 0) is 77.1 Å². The molecule has 1 aliphatic heterocycles. The van der Waals surface area contributed by atoms with Gasteiger partial charge in [-0.1, -0.05) is 36.4 Å². The van der Waals surface area contributed by atoms with Crippen molar-refractivity contribution in [3.8, 4) is 0 Å². The van der Waals surface area contributed by atoms with Gasteiger partial charge in [0.25, 0.3) is 0 Å². The van der Waals surface area contributed by atoms with Crippen LogP contribution in [-0.4, -0.2) is 36.2 Å². The maximum Gasteiger partial charge on any atom is 0.0535 e. The zero-order valence-corrected chi connectivity index (χ0v) is 18.1. The van der Waals surface area contributed by atoms with Gasteiger partial charge in [-0.25, -0.2) is 0 Å². The largest absolute Gasteiger partial charge is 0.381 e. The molecule has 1 fully saturated rings. The number of hydrogen-bond donors (Lipinski definition) is 0. The highest BCUT2D eigenvalue weighted by Crippen LogP contribution is 2.41. The molecule has 0 N–H and O–H groups in total. The molecule has 1 aliphatic rings. The number of ether oxygens (including phenoxy) is 1. The molecule has 0 amide bonds. The van der Waals surface area contributed by atoms with E-state index in [4.69, 9.17) is 4.74 Å². The lowest BCUT2D eigenvalue weighted by Crippen LogP contribution is -2.42. The van der Waals surface area contributed by atoms with Crippen LogP contribution in [0.1, 0.15) is 56.9 Å². The van der Waals surface area contributed by atoms with E-state index < -0.39 is 0 Å². The van der Waals surface area contributed by atoms with Crippen LogP contribution in [0.2, 0.25) is 0 Å². The molecule has 0 unspecified atom stereocenters. The summed E-state index contributed by atoms with van der Waals surface area (Å²) in [5.41, 5.74) is 4.08. The van der Waals surface area contributed by atoms with Crippen molar-refractivity contribution >= 4 is 0 Å². The third kappa shape index (κ3) is 5.01. The summed E-state index contributed by atoms with van der Waals surface area (Å²) in [6, 6.07) is 15.2. The van der Waals surface area contributed by atoms with Crippen molar-refractivity contribution in [3.05, 3.63) is 65.5 Å². The number of rotatable bonds is 9. The molecule has 2 aromatic rings. The predicted molar refractivity (Wildman–Crippen MR) is 116 cm³/mol. The minimum absolute atomic E-state index is 0.00586. The fraction of sp³-hybridized carbons (Fsp3) is 0.560. The molecule has 0 radical (unpaired) electrons. The Balaban J connectivity index is 1.67. The van der Waals surface area contributed by atoms with Gasteiger partial charge in [-0.15, -0.1) is 0 Å². The molecule has 1 saturated heterocycles. The summed E-state index contributed by atoms with van der Waals surface area (Å²) in [5, 5.41) is 0. The second-order valence-electron chi connectivity index (χ2n) is 8.90. The van der Waals surface area contributed by atoms with Crippen molar-refractivity contribution < 1.29 is 4.74 Å². The Bertz CT molecular complexity index is 726. The molecule has 0 spiro atoms. The van der Waals surface area contributed by atoms with E-state index in [1.54, 1.807) is 0 Å². The molecule has 1 atom stereocenters. The number of nitrogens with zero attached hydrogens (tertiary/aromatic N) is 2. The monoisotopic (exact) mass is 380 g/mol. The van der Waals surface area contributed by atoms with Crippen LogP contribution >= 0.6 is 0 Å². The molecule has 0 bridgehead atoms. The highest BCUT2D eigenvalue weighted by atomic mass is 16.5. The number of aryl methyl sites for hydroxylation is 2. The lowest BCUT2D eigenvalue weighted by molar-refractivity contribution is 0.0372. The summed E-state index contributed by atoms with van der Waals surface area (Å²) in [5.74, 6) is 0. The standard InChI is InChI=1S/C25H36N2O/c1-5-28-20-25(15-9-12-22-10-7-6-8-11-22)16-17-27(19-25)24(3,4)23-14-13-21(2)26-18-23/h6-8,10-11,13-14,18H,5,9,12,15-17,19-20H2,1-4H3/t25-/m1/s1. The Morgan fingerprint density at radius 1 is 1.14 bits per heavy atom. The highest BCUT2D eigenvalue weighted by molar-refractivity contribution is 5.22. The molecule has 3 nitrogen and oxygen atoms in total. The highest BCUT2D eigenvalue weighted by Gasteiger charge is 2.43. The second kappa shape index (κ2) is 9.19. The Morgan fingerprint density at radius 3 is 2.61 bits per heavy atom. The van der Waals surface area contributed by atoms with E-state index in [9.17, 15) is 0 Å². The quantitative estimate of drug-likeness (QED) is 0.584. The van der Waals surface area contributed by atoms with Crippen molar-refractivity contribution in [2.75, 3.05) is 26.3 Å². The topological polar surface area (TPSA) is 25.4 Å². The van der Waals surface area contributed by atoms with E-state index in [1.807, 2.05) is 13.1 Å². The lowest BCUT2D eigenvalue weighted by atomic mass is 9.82. The Morgan fingerprint density at radius 2 is 1.93 bits per heavy atom. The van der Waals surface area contributed by atoms with E-state index in [1.165, 1.54) is 30.4 Å². The molecule has 0 saturated carbocycles. The first-order valence-corrected chi connectivity index (χ1v) is 10.8. The van der Waals surface area contributed by atoms with Crippen LogP contribution in [0.15, 0.2) is 48.7 Å². The van der Waals surface area contributed by atoms with Crippen LogP contribution in [0.25, 0.3) is 0 Å². The Labute approximate surface area is 171 Å². The van der Waals surface area contributed by atoms with Crippen LogP contribution in [0.5, 0.6) is 0 Å². The molecule has 1 aromatic carbocycles. The predicted octanol–water partition coefficient (Wildman–Crippen LogP) is 5.38. The van der Waals surface area contributed by atoms with E-state index >= 15 is 0 Å². The number of hydrogen-bond acceptors (Lipinski definition) is 3. The lowest BCUT2D eigenvalue weighted by Gasteiger charge is -2.38. The fourth-order valence-corrected chi connectivity index (χ4v) is 4.45. The third-order valence-corrected chi connectivity index (χ3v) is 6.47. The van der Waals surface area contributed by atoms with Crippen molar-refractivity contribution in [2.24, 2.45) is 5.41 Å².